The maximum absolute atomic E-state index is 9.64. The van der Waals surface area contributed by atoms with Crippen LogP contribution in [0, 0.1) is 0 Å². The van der Waals surface area contributed by atoms with E-state index in [1.165, 1.54) is 5.56 Å². The first-order valence-corrected chi connectivity index (χ1v) is 10.6. The molecule has 29 heavy (non-hydrogen) atoms. The van der Waals surface area contributed by atoms with Crippen molar-refractivity contribution in [1.82, 2.24) is 14.9 Å². The molecule has 0 spiro atoms. The number of nitrogens with zero attached hydrogens (tertiary/aromatic N) is 3. The molecule has 0 atom stereocenters. The molecule has 5 rings (SSSR count). The van der Waals surface area contributed by atoms with Gasteiger partial charge in [-0.15, -0.1) is 0 Å². The van der Waals surface area contributed by atoms with Gasteiger partial charge in [0, 0.05) is 36.9 Å². The van der Waals surface area contributed by atoms with E-state index in [1.807, 2.05) is 30.3 Å². The topological polar surface area (TPSA) is 70.5 Å². The van der Waals surface area contributed by atoms with Crippen molar-refractivity contribution >= 4 is 23.3 Å². The lowest BCUT2D eigenvalue weighted by atomic mass is 9.84. The molecule has 148 valence electrons. The number of anilines is 2. The first-order valence-electron chi connectivity index (χ1n) is 9.75. The lowest BCUT2D eigenvalue weighted by Gasteiger charge is -2.39. The number of hydrogen-bond acceptors (Lipinski definition) is 7. The molecule has 1 saturated heterocycles. The summed E-state index contributed by atoms with van der Waals surface area (Å²) >= 11 is 1.64. The highest BCUT2D eigenvalue weighted by molar-refractivity contribution is 7.99. The van der Waals surface area contributed by atoms with Crippen LogP contribution in [0.5, 0.6) is 0 Å². The summed E-state index contributed by atoms with van der Waals surface area (Å²) in [4.78, 5) is 17.3. The van der Waals surface area contributed by atoms with E-state index in [1.54, 1.807) is 24.2 Å². The number of benzene rings is 2. The van der Waals surface area contributed by atoms with Gasteiger partial charge >= 0.3 is 0 Å². The molecule has 2 aliphatic heterocycles. The molecular weight excluding hydrogens is 384 g/mol. The van der Waals surface area contributed by atoms with Gasteiger partial charge in [-0.05, 0) is 36.1 Å². The number of hydrogen-bond donors (Lipinski definition) is 2. The Labute approximate surface area is 173 Å². The van der Waals surface area contributed by atoms with Crippen molar-refractivity contribution in [2.45, 2.75) is 34.9 Å². The minimum Gasteiger partial charge on any atom is -0.337 e. The number of aromatic nitrogens is 2. The van der Waals surface area contributed by atoms with Crippen LogP contribution < -0.4 is 5.32 Å². The largest absolute Gasteiger partial charge is 0.337 e. The molecule has 2 N–H and O–H groups in total. The molecule has 0 aliphatic carbocycles. The van der Waals surface area contributed by atoms with Crippen LogP contribution in [0.25, 0.3) is 0 Å². The van der Waals surface area contributed by atoms with Gasteiger partial charge in [-0.2, -0.15) is 0 Å². The van der Waals surface area contributed by atoms with Gasteiger partial charge in [0.05, 0.1) is 5.69 Å². The summed E-state index contributed by atoms with van der Waals surface area (Å²) in [5, 5.41) is 13.9. The molecule has 3 heterocycles. The first-order chi connectivity index (χ1) is 14.3. The summed E-state index contributed by atoms with van der Waals surface area (Å²) in [5.74, 6) is 0.813. The van der Waals surface area contributed by atoms with Crippen LogP contribution in [0.4, 0.5) is 11.5 Å². The zero-order valence-electron chi connectivity index (χ0n) is 15.9. The molecule has 0 radical (unpaired) electrons. The van der Waals surface area contributed by atoms with Crippen LogP contribution in [0.3, 0.4) is 0 Å². The van der Waals surface area contributed by atoms with Crippen LogP contribution in [-0.2, 0) is 17.0 Å². The summed E-state index contributed by atoms with van der Waals surface area (Å²) in [6, 6.07) is 16.5. The van der Waals surface area contributed by atoms with E-state index in [9.17, 15) is 5.26 Å². The summed E-state index contributed by atoms with van der Waals surface area (Å²) in [5.41, 5.74) is 2.77. The van der Waals surface area contributed by atoms with Crippen LogP contribution in [0.1, 0.15) is 24.0 Å². The van der Waals surface area contributed by atoms with E-state index in [-0.39, 0.29) is 0 Å². The molecule has 3 aromatic rings. The van der Waals surface area contributed by atoms with Gasteiger partial charge in [0.15, 0.2) is 5.82 Å². The Hall–Kier alpha value is -2.45. The Morgan fingerprint density at radius 1 is 1.07 bits per heavy atom. The zero-order chi connectivity index (χ0) is 19.7. The normalized spacial score (nSPS) is 17.8. The molecular formula is C22H22N4O2S. The molecule has 7 heteroatoms. The van der Waals surface area contributed by atoms with E-state index in [0.717, 1.165) is 59.5 Å². The van der Waals surface area contributed by atoms with Gasteiger partial charge in [0.1, 0.15) is 10.6 Å². The number of rotatable bonds is 4. The number of likely N-dealkylation sites (tertiary alicyclic amines) is 1. The number of fused-ring (bicyclic) bond motifs is 2. The van der Waals surface area contributed by atoms with Crippen LogP contribution in [0.2, 0.25) is 0 Å². The highest BCUT2D eigenvalue weighted by atomic mass is 32.2. The zero-order valence-corrected chi connectivity index (χ0v) is 16.7. The fraction of sp³-hybridized carbons (Fsp3) is 0.273. The maximum Gasteiger partial charge on any atom is 0.163 e. The standard InChI is InChI=1S/C22H22N4O2S/c27-28-22(17-4-2-1-3-5-17)8-12-26(13-9-22)15-16-6-7-19-18(14-16)25-20-21(29-19)24-11-10-23-20/h1-7,10-11,14,27H,8-9,12-13,15H2,(H,23,25). The summed E-state index contributed by atoms with van der Waals surface area (Å²) < 4.78 is 0. The third kappa shape index (κ3) is 3.62. The van der Waals surface area contributed by atoms with Gasteiger partial charge < -0.3 is 5.32 Å². The highest BCUT2D eigenvalue weighted by Crippen LogP contribution is 2.42. The average Bonchev–Trinajstić information content (AvgIpc) is 2.79. The molecule has 2 aromatic carbocycles. The molecule has 0 saturated carbocycles. The Balaban J connectivity index is 1.27. The quantitative estimate of drug-likeness (QED) is 0.377. The van der Waals surface area contributed by atoms with Crippen LogP contribution in [0.15, 0.2) is 70.8 Å². The molecule has 0 bridgehead atoms. The SMILES string of the molecule is OOC1(c2ccccc2)CCN(Cc2ccc3c(c2)Nc2nccnc2S3)CC1. The van der Waals surface area contributed by atoms with E-state index >= 15 is 0 Å². The van der Waals surface area contributed by atoms with Gasteiger partial charge in [0.25, 0.3) is 0 Å². The fourth-order valence-corrected chi connectivity index (χ4v) is 4.96. The predicted molar refractivity (Wildman–Crippen MR) is 112 cm³/mol. The Morgan fingerprint density at radius 2 is 1.86 bits per heavy atom. The van der Waals surface area contributed by atoms with E-state index in [4.69, 9.17) is 4.89 Å². The smallest absolute Gasteiger partial charge is 0.163 e. The first kappa shape index (κ1) is 18.6. The third-order valence-corrected chi connectivity index (χ3v) is 6.78. The second-order valence-corrected chi connectivity index (χ2v) is 8.53. The molecule has 0 amide bonds. The second kappa shape index (κ2) is 7.76. The monoisotopic (exact) mass is 406 g/mol. The highest BCUT2D eigenvalue weighted by Gasteiger charge is 2.38. The Kier molecular flexibility index (Phi) is 4.97. The number of nitrogens with one attached hydrogen (secondary N) is 1. The molecule has 1 aromatic heterocycles. The average molecular weight is 407 g/mol. The summed E-state index contributed by atoms with van der Waals surface area (Å²) in [7, 11) is 0. The van der Waals surface area contributed by atoms with Crippen molar-refractivity contribution in [2.75, 3.05) is 18.4 Å². The van der Waals surface area contributed by atoms with Crippen LogP contribution >= 0.6 is 11.8 Å². The summed E-state index contributed by atoms with van der Waals surface area (Å²) in [6.45, 7) is 2.59. The van der Waals surface area contributed by atoms with Crippen molar-refractivity contribution in [3.05, 3.63) is 72.1 Å². The lowest BCUT2D eigenvalue weighted by Crippen LogP contribution is -2.43. The third-order valence-electron chi connectivity index (χ3n) is 5.71. The van der Waals surface area contributed by atoms with Gasteiger partial charge in [0.2, 0.25) is 0 Å². The maximum atomic E-state index is 9.64. The van der Waals surface area contributed by atoms with Crippen molar-refractivity contribution < 1.29 is 10.1 Å². The molecule has 1 fully saturated rings. The fourth-order valence-electron chi connectivity index (χ4n) is 4.08. The van der Waals surface area contributed by atoms with E-state index < -0.39 is 5.60 Å². The summed E-state index contributed by atoms with van der Waals surface area (Å²) in [6.07, 6.45) is 4.94. The molecule has 0 unspecified atom stereocenters. The second-order valence-electron chi connectivity index (χ2n) is 7.50. The van der Waals surface area contributed by atoms with E-state index in [2.05, 4.69) is 38.4 Å². The minimum atomic E-state index is -0.603. The Bertz CT molecular complexity index is 1010. The van der Waals surface area contributed by atoms with Crippen molar-refractivity contribution in [3.63, 3.8) is 0 Å². The van der Waals surface area contributed by atoms with Gasteiger partial charge in [-0.1, -0.05) is 48.2 Å². The van der Waals surface area contributed by atoms with Gasteiger partial charge in [-0.3, -0.25) is 10.2 Å². The lowest BCUT2D eigenvalue weighted by molar-refractivity contribution is -0.339. The predicted octanol–water partition coefficient (Wildman–Crippen LogP) is 4.67. The van der Waals surface area contributed by atoms with Gasteiger partial charge in [-0.25, -0.2) is 14.9 Å². The van der Waals surface area contributed by atoms with Crippen molar-refractivity contribution in [2.24, 2.45) is 0 Å². The minimum absolute atomic E-state index is 0.603. The van der Waals surface area contributed by atoms with E-state index in [0.29, 0.717) is 0 Å². The Morgan fingerprint density at radius 3 is 2.66 bits per heavy atom. The molecule has 6 nitrogen and oxygen atoms in total. The van der Waals surface area contributed by atoms with Crippen molar-refractivity contribution in [3.8, 4) is 0 Å². The van der Waals surface area contributed by atoms with Crippen LogP contribution in [-0.4, -0.2) is 33.2 Å². The van der Waals surface area contributed by atoms with Crippen molar-refractivity contribution in [1.29, 1.82) is 0 Å². The number of piperidine rings is 1. The molecule has 2 aliphatic rings.